The number of amides is 1. The molecule has 1 unspecified atom stereocenters. The fourth-order valence-corrected chi connectivity index (χ4v) is 1.98. The third-order valence-electron chi connectivity index (χ3n) is 2.54. The number of aromatic nitrogens is 2. The van der Waals surface area contributed by atoms with Gasteiger partial charge in [0, 0.05) is 22.6 Å². The van der Waals surface area contributed by atoms with Crippen LogP contribution < -0.4 is 11.1 Å². The Balaban J connectivity index is 2.12. The molecule has 0 radical (unpaired) electrons. The molecule has 94 valence electrons. The topological polar surface area (TPSA) is 83.8 Å². The van der Waals surface area contributed by atoms with Crippen molar-refractivity contribution in [3.05, 3.63) is 46.5 Å². The van der Waals surface area contributed by atoms with Gasteiger partial charge < -0.3 is 16.0 Å². The summed E-state index contributed by atoms with van der Waals surface area (Å²) >= 11 is 3.30. The molecule has 1 aromatic heterocycles. The minimum atomic E-state index is -0.219. The van der Waals surface area contributed by atoms with E-state index >= 15 is 0 Å². The van der Waals surface area contributed by atoms with Crippen LogP contribution in [0.25, 0.3) is 0 Å². The largest absolute Gasteiger partial charge is 0.398 e. The molecule has 0 bridgehead atoms. The second kappa shape index (κ2) is 5.22. The summed E-state index contributed by atoms with van der Waals surface area (Å²) in [5, 5.41) is 2.83. The van der Waals surface area contributed by atoms with Crippen molar-refractivity contribution in [1.82, 2.24) is 15.3 Å². The van der Waals surface area contributed by atoms with Gasteiger partial charge >= 0.3 is 0 Å². The number of nitrogens with two attached hydrogens (primary N) is 1. The van der Waals surface area contributed by atoms with Gasteiger partial charge in [0.05, 0.1) is 11.6 Å². The first kappa shape index (κ1) is 12.6. The van der Waals surface area contributed by atoms with Crippen molar-refractivity contribution < 1.29 is 4.79 Å². The molecule has 2 aromatic rings. The first-order valence-electron chi connectivity index (χ1n) is 5.43. The van der Waals surface area contributed by atoms with E-state index in [4.69, 9.17) is 5.73 Å². The third kappa shape index (κ3) is 2.70. The summed E-state index contributed by atoms with van der Waals surface area (Å²) in [6.07, 6.45) is 3.36. The fourth-order valence-electron chi connectivity index (χ4n) is 1.60. The Hall–Kier alpha value is -1.82. The minimum absolute atomic E-state index is 0.199. The molecular weight excluding hydrogens is 296 g/mol. The van der Waals surface area contributed by atoms with Gasteiger partial charge in [-0.2, -0.15) is 0 Å². The molecule has 4 N–H and O–H groups in total. The molecule has 0 fully saturated rings. The molecule has 1 heterocycles. The lowest BCUT2D eigenvalue weighted by Crippen LogP contribution is -2.28. The first-order chi connectivity index (χ1) is 8.58. The van der Waals surface area contributed by atoms with E-state index in [2.05, 4.69) is 31.2 Å². The van der Waals surface area contributed by atoms with Crippen LogP contribution in [0.5, 0.6) is 0 Å². The maximum atomic E-state index is 12.0. The first-order valence-corrected chi connectivity index (χ1v) is 6.22. The molecule has 0 spiro atoms. The number of anilines is 1. The van der Waals surface area contributed by atoms with Crippen molar-refractivity contribution in [2.24, 2.45) is 0 Å². The molecule has 18 heavy (non-hydrogen) atoms. The van der Waals surface area contributed by atoms with E-state index in [0.29, 0.717) is 17.1 Å². The predicted molar refractivity (Wildman–Crippen MR) is 73.0 cm³/mol. The highest BCUT2D eigenvalue weighted by atomic mass is 79.9. The van der Waals surface area contributed by atoms with E-state index < -0.39 is 0 Å². The van der Waals surface area contributed by atoms with Crippen molar-refractivity contribution in [1.29, 1.82) is 0 Å². The van der Waals surface area contributed by atoms with Crippen LogP contribution in [0.2, 0.25) is 0 Å². The number of carbonyl (C=O) groups excluding carboxylic acids is 1. The maximum absolute atomic E-state index is 12.0. The Labute approximate surface area is 113 Å². The summed E-state index contributed by atoms with van der Waals surface area (Å²) in [5.74, 6) is 0.489. The zero-order valence-corrected chi connectivity index (χ0v) is 11.4. The van der Waals surface area contributed by atoms with E-state index in [1.54, 1.807) is 30.6 Å². The number of carbonyl (C=O) groups is 1. The second-order valence-corrected chi connectivity index (χ2v) is 4.82. The predicted octanol–water partition coefficient (Wildman–Crippen LogP) is 2.25. The van der Waals surface area contributed by atoms with Crippen molar-refractivity contribution in [2.45, 2.75) is 13.0 Å². The van der Waals surface area contributed by atoms with E-state index in [0.717, 1.165) is 4.47 Å². The number of rotatable bonds is 3. The van der Waals surface area contributed by atoms with Crippen LogP contribution in [-0.4, -0.2) is 15.9 Å². The standard InChI is InChI=1S/C12H13BrN4O/c1-7(11-15-4-5-16-11)17-12(18)9-3-2-8(13)6-10(9)14/h2-7H,14H2,1H3,(H,15,16)(H,17,18). The number of H-pyrrole nitrogens is 1. The molecule has 5 nitrogen and oxygen atoms in total. The number of nitrogens with one attached hydrogen (secondary N) is 2. The number of aromatic amines is 1. The van der Waals surface area contributed by atoms with E-state index in [9.17, 15) is 4.79 Å². The van der Waals surface area contributed by atoms with Gasteiger partial charge in [-0.1, -0.05) is 15.9 Å². The quantitative estimate of drug-likeness (QED) is 0.760. The SMILES string of the molecule is CC(NC(=O)c1ccc(Br)cc1N)c1ncc[nH]1. The van der Waals surface area contributed by atoms with Gasteiger partial charge in [0.1, 0.15) is 5.82 Å². The normalized spacial score (nSPS) is 12.1. The molecule has 0 saturated heterocycles. The number of hydrogen-bond acceptors (Lipinski definition) is 3. The number of imidazole rings is 1. The van der Waals surface area contributed by atoms with Crippen molar-refractivity contribution in [3.63, 3.8) is 0 Å². The van der Waals surface area contributed by atoms with Gasteiger partial charge in [-0.25, -0.2) is 4.98 Å². The van der Waals surface area contributed by atoms with E-state index in [-0.39, 0.29) is 11.9 Å². The lowest BCUT2D eigenvalue weighted by atomic mass is 10.1. The van der Waals surface area contributed by atoms with Crippen molar-refractivity contribution in [3.8, 4) is 0 Å². The van der Waals surface area contributed by atoms with Gasteiger partial charge in [0.25, 0.3) is 5.91 Å². The summed E-state index contributed by atoms with van der Waals surface area (Å²) in [6, 6.07) is 4.97. The highest BCUT2D eigenvalue weighted by Gasteiger charge is 2.15. The monoisotopic (exact) mass is 308 g/mol. The maximum Gasteiger partial charge on any atom is 0.253 e. The smallest absolute Gasteiger partial charge is 0.253 e. The van der Waals surface area contributed by atoms with E-state index in [1.165, 1.54) is 0 Å². The molecule has 2 rings (SSSR count). The van der Waals surface area contributed by atoms with Crippen LogP contribution in [-0.2, 0) is 0 Å². The number of halogens is 1. The number of nitrogen functional groups attached to an aromatic ring is 1. The van der Waals surface area contributed by atoms with Crippen LogP contribution >= 0.6 is 15.9 Å². The molecule has 0 aliphatic rings. The van der Waals surface area contributed by atoms with Crippen LogP contribution in [0.15, 0.2) is 35.1 Å². The minimum Gasteiger partial charge on any atom is -0.398 e. The highest BCUT2D eigenvalue weighted by Crippen LogP contribution is 2.19. The summed E-state index contributed by atoms with van der Waals surface area (Å²) in [7, 11) is 0. The lowest BCUT2D eigenvalue weighted by Gasteiger charge is -2.12. The van der Waals surface area contributed by atoms with Gasteiger partial charge in [-0.3, -0.25) is 4.79 Å². The molecule has 0 aliphatic carbocycles. The molecule has 0 saturated carbocycles. The molecule has 6 heteroatoms. The summed E-state index contributed by atoms with van der Waals surface area (Å²) in [4.78, 5) is 19.1. The summed E-state index contributed by atoms with van der Waals surface area (Å²) in [6.45, 7) is 1.85. The number of benzene rings is 1. The number of hydrogen-bond donors (Lipinski definition) is 3. The third-order valence-corrected chi connectivity index (χ3v) is 3.03. The van der Waals surface area contributed by atoms with Crippen LogP contribution in [0.3, 0.4) is 0 Å². The molecule has 0 aliphatic heterocycles. The average molecular weight is 309 g/mol. The molecule has 1 atom stereocenters. The van der Waals surface area contributed by atoms with Crippen LogP contribution in [0, 0.1) is 0 Å². The Morgan fingerprint density at radius 3 is 2.94 bits per heavy atom. The zero-order valence-electron chi connectivity index (χ0n) is 9.77. The summed E-state index contributed by atoms with van der Waals surface area (Å²) in [5.41, 5.74) is 6.70. The molecular formula is C12H13BrN4O. The van der Waals surface area contributed by atoms with E-state index in [1.807, 2.05) is 6.92 Å². The molecule has 1 amide bonds. The lowest BCUT2D eigenvalue weighted by molar-refractivity contribution is 0.0939. The Morgan fingerprint density at radius 1 is 1.56 bits per heavy atom. The van der Waals surface area contributed by atoms with Crippen LogP contribution in [0.4, 0.5) is 5.69 Å². The Kier molecular flexibility index (Phi) is 3.66. The fraction of sp³-hybridized carbons (Fsp3) is 0.167. The van der Waals surface area contributed by atoms with Crippen molar-refractivity contribution in [2.75, 3.05) is 5.73 Å². The van der Waals surface area contributed by atoms with Gasteiger partial charge in [-0.15, -0.1) is 0 Å². The average Bonchev–Trinajstić information content (AvgIpc) is 2.81. The van der Waals surface area contributed by atoms with Crippen LogP contribution in [0.1, 0.15) is 29.1 Å². The Bertz CT molecular complexity index is 553. The number of nitrogens with zero attached hydrogens (tertiary/aromatic N) is 1. The summed E-state index contributed by atoms with van der Waals surface area (Å²) < 4.78 is 0.843. The van der Waals surface area contributed by atoms with Gasteiger partial charge in [-0.05, 0) is 25.1 Å². The second-order valence-electron chi connectivity index (χ2n) is 3.90. The highest BCUT2D eigenvalue weighted by molar-refractivity contribution is 9.10. The molecule has 1 aromatic carbocycles. The van der Waals surface area contributed by atoms with Gasteiger partial charge in [0.2, 0.25) is 0 Å². The Morgan fingerprint density at radius 2 is 2.33 bits per heavy atom. The van der Waals surface area contributed by atoms with Gasteiger partial charge in [0.15, 0.2) is 0 Å². The van der Waals surface area contributed by atoms with Crippen molar-refractivity contribution >= 4 is 27.5 Å². The zero-order chi connectivity index (χ0) is 13.1.